The number of aromatic nitrogens is 3. The van der Waals surface area contributed by atoms with Crippen molar-refractivity contribution in [2.24, 2.45) is 5.73 Å². The molecule has 5 nitrogen and oxygen atoms in total. The Morgan fingerprint density at radius 2 is 2.22 bits per heavy atom. The van der Waals surface area contributed by atoms with E-state index in [1.165, 1.54) is 6.42 Å². The van der Waals surface area contributed by atoms with Gasteiger partial charge in [0.2, 0.25) is 5.89 Å². The van der Waals surface area contributed by atoms with E-state index in [1.54, 1.807) is 6.20 Å². The summed E-state index contributed by atoms with van der Waals surface area (Å²) in [6, 6.07) is 5.79. The normalized spacial score (nSPS) is 17.4. The third-order valence-electron chi connectivity index (χ3n) is 3.43. The van der Waals surface area contributed by atoms with E-state index in [0.717, 1.165) is 18.5 Å². The standard InChI is InChI=1S/C13H16N4O/c14-13(5-3-6-13)9-12-16-11(17-18-12)8-10-4-1-2-7-15-10/h1-2,4,7H,3,5-6,8-9,14H2. The van der Waals surface area contributed by atoms with Gasteiger partial charge in [-0.2, -0.15) is 4.98 Å². The summed E-state index contributed by atoms with van der Waals surface area (Å²) in [6.45, 7) is 0. The van der Waals surface area contributed by atoms with Crippen LogP contribution in [0.15, 0.2) is 28.9 Å². The fraction of sp³-hybridized carbons (Fsp3) is 0.462. The second-order valence-corrected chi connectivity index (χ2v) is 4.99. The van der Waals surface area contributed by atoms with Crippen LogP contribution >= 0.6 is 0 Å². The predicted octanol–water partition coefficient (Wildman–Crippen LogP) is 1.48. The van der Waals surface area contributed by atoms with Crippen LogP contribution in [-0.2, 0) is 12.8 Å². The van der Waals surface area contributed by atoms with Crippen molar-refractivity contribution < 1.29 is 4.52 Å². The highest BCUT2D eigenvalue weighted by Crippen LogP contribution is 2.31. The number of nitrogens with zero attached hydrogens (tertiary/aromatic N) is 3. The first-order valence-electron chi connectivity index (χ1n) is 6.24. The Morgan fingerprint density at radius 3 is 2.89 bits per heavy atom. The Hall–Kier alpha value is -1.75. The summed E-state index contributed by atoms with van der Waals surface area (Å²) < 4.78 is 5.24. The molecule has 5 heteroatoms. The maximum Gasteiger partial charge on any atom is 0.228 e. The molecule has 18 heavy (non-hydrogen) atoms. The lowest BCUT2D eigenvalue weighted by Crippen LogP contribution is -2.48. The summed E-state index contributed by atoms with van der Waals surface area (Å²) in [5.41, 5.74) is 6.98. The molecule has 2 heterocycles. The van der Waals surface area contributed by atoms with E-state index in [0.29, 0.717) is 24.6 Å². The van der Waals surface area contributed by atoms with E-state index < -0.39 is 0 Å². The lowest BCUT2D eigenvalue weighted by Gasteiger charge is -2.36. The minimum atomic E-state index is -0.116. The summed E-state index contributed by atoms with van der Waals surface area (Å²) in [5, 5.41) is 3.97. The van der Waals surface area contributed by atoms with E-state index in [4.69, 9.17) is 10.3 Å². The molecule has 94 valence electrons. The fourth-order valence-electron chi connectivity index (χ4n) is 2.21. The molecule has 0 saturated heterocycles. The molecule has 0 aliphatic heterocycles. The SMILES string of the molecule is NC1(Cc2nc(Cc3ccccn3)no2)CCC1. The molecule has 2 N–H and O–H groups in total. The van der Waals surface area contributed by atoms with Crippen molar-refractivity contribution in [1.29, 1.82) is 0 Å². The van der Waals surface area contributed by atoms with Crippen LogP contribution in [0.25, 0.3) is 0 Å². The lowest BCUT2D eigenvalue weighted by molar-refractivity contribution is 0.221. The van der Waals surface area contributed by atoms with Crippen molar-refractivity contribution in [2.75, 3.05) is 0 Å². The zero-order valence-corrected chi connectivity index (χ0v) is 10.2. The van der Waals surface area contributed by atoms with E-state index in [9.17, 15) is 0 Å². The summed E-state index contributed by atoms with van der Waals surface area (Å²) in [4.78, 5) is 8.61. The Bertz CT molecular complexity index is 519. The molecule has 1 aliphatic rings. The molecule has 0 unspecified atom stereocenters. The smallest absolute Gasteiger partial charge is 0.228 e. The van der Waals surface area contributed by atoms with E-state index in [2.05, 4.69) is 15.1 Å². The maximum atomic E-state index is 6.16. The molecule has 1 fully saturated rings. The molecular weight excluding hydrogens is 228 g/mol. The van der Waals surface area contributed by atoms with Crippen LogP contribution in [0.1, 0.15) is 36.7 Å². The highest BCUT2D eigenvalue weighted by Gasteiger charge is 2.34. The number of rotatable bonds is 4. The van der Waals surface area contributed by atoms with Crippen molar-refractivity contribution in [3.05, 3.63) is 41.8 Å². The van der Waals surface area contributed by atoms with Gasteiger partial charge in [0, 0.05) is 23.9 Å². The molecule has 3 rings (SSSR count). The molecule has 0 bridgehead atoms. The average molecular weight is 244 g/mol. The second-order valence-electron chi connectivity index (χ2n) is 4.99. The number of nitrogens with two attached hydrogens (primary N) is 1. The van der Waals surface area contributed by atoms with Gasteiger partial charge in [-0.3, -0.25) is 4.98 Å². The van der Waals surface area contributed by atoms with Gasteiger partial charge in [0.1, 0.15) is 0 Å². The molecule has 0 atom stereocenters. The van der Waals surface area contributed by atoms with Crippen LogP contribution in [0.3, 0.4) is 0 Å². The number of hydrogen-bond donors (Lipinski definition) is 1. The van der Waals surface area contributed by atoms with Gasteiger partial charge in [-0.05, 0) is 31.4 Å². The Balaban J connectivity index is 1.66. The van der Waals surface area contributed by atoms with Gasteiger partial charge < -0.3 is 10.3 Å². The average Bonchev–Trinajstić information content (AvgIpc) is 2.76. The molecule has 1 saturated carbocycles. The first-order valence-corrected chi connectivity index (χ1v) is 6.24. The Morgan fingerprint density at radius 1 is 1.33 bits per heavy atom. The second kappa shape index (κ2) is 4.49. The van der Waals surface area contributed by atoms with Crippen molar-refractivity contribution in [3.63, 3.8) is 0 Å². The molecule has 1 aliphatic carbocycles. The summed E-state index contributed by atoms with van der Waals surface area (Å²) in [7, 11) is 0. The van der Waals surface area contributed by atoms with Crippen LogP contribution < -0.4 is 5.73 Å². The minimum Gasteiger partial charge on any atom is -0.339 e. The van der Waals surface area contributed by atoms with E-state index in [-0.39, 0.29) is 5.54 Å². The largest absolute Gasteiger partial charge is 0.339 e. The molecule has 0 aromatic carbocycles. The zero-order valence-electron chi connectivity index (χ0n) is 10.2. The molecule has 2 aromatic heterocycles. The van der Waals surface area contributed by atoms with Gasteiger partial charge in [0.15, 0.2) is 5.82 Å². The highest BCUT2D eigenvalue weighted by molar-refractivity contribution is 5.09. The Kier molecular flexibility index (Phi) is 2.83. The Labute approximate surface area is 105 Å². The zero-order chi connectivity index (χ0) is 12.4. The number of hydrogen-bond acceptors (Lipinski definition) is 5. The van der Waals surface area contributed by atoms with Crippen LogP contribution in [0.4, 0.5) is 0 Å². The molecule has 0 radical (unpaired) electrons. The quantitative estimate of drug-likeness (QED) is 0.881. The summed E-state index contributed by atoms with van der Waals surface area (Å²) in [5.74, 6) is 1.31. The van der Waals surface area contributed by atoms with Gasteiger partial charge in [-0.15, -0.1) is 0 Å². The van der Waals surface area contributed by atoms with Crippen LogP contribution in [0.5, 0.6) is 0 Å². The topological polar surface area (TPSA) is 77.8 Å². The molecule has 0 spiro atoms. The monoisotopic (exact) mass is 244 g/mol. The third kappa shape index (κ3) is 2.41. The van der Waals surface area contributed by atoms with Crippen molar-refractivity contribution in [1.82, 2.24) is 15.1 Å². The van der Waals surface area contributed by atoms with Crippen molar-refractivity contribution >= 4 is 0 Å². The predicted molar refractivity (Wildman–Crippen MR) is 65.8 cm³/mol. The van der Waals surface area contributed by atoms with Crippen LogP contribution in [-0.4, -0.2) is 20.7 Å². The van der Waals surface area contributed by atoms with Gasteiger partial charge in [-0.1, -0.05) is 11.2 Å². The third-order valence-corrected chi connectivity index (χ3v) is 3.43. The maximum absolute atomic E-state index is 6.16. The van der Waals surface area contributed by atoms with Gasteiger partial charge in [0.25, 0.3) is 0 Å². The molecule has 0 amide bonds. The van der Waals surface area contributed by atoms with Gasteiger partial charge >= 0.3 is 0 Å². The number of pyridine rings is 1. The minimum absolute atomic E-state index is 0.116. The lowest BCUT2D eigenvalue weighted by atomic mass is 9.75. The van der Waals surface area contributed by atoms with E-state index in [1.807, 2.05) is 18.2 Å². The first-order chi connectivity index (χ1) is 8.73. The molecular formula is C13H16N4O. The van der Waals surface area contributed by atoms with Crippen LogP contribution in [0.2, 0.25) is 0 Å². The summed E-state index contributed by atoms with van der Waals surface area (Å²) in [6.07, 6.45) is 6.34. The van der Waals surface area contributed by atoms with Gasteiger partial charge in [-0.25, -0.2) is 0 Å². The first kappa shape index (κ1) is 11.3. The molecule has 2 aromatic rings. The fourth-order valence-corrected chi connectivity index (χ4v) is 2.21. The van der Waals surface area contributed by atoms with Crippen LogP contribution in [0, 0.1) is 0 Å². The highest BCUT2D eigenvalue weighted by atomic mass is 16.5. The van der Waals surface area contributed by atoms with Crippen molar-refractivity contribution in [2.45, 2.75) is 37.6 Å². The van der Waals surface area contributed by atoms with Crippen molar-refractivity contribution in [3.8, 4) is 0 Å². The summed E-state index contributed by atoms with van der Waals surface area (Å²) >= 11 is 0. The van der Waals surface area contributed by atoms with Gasteiger partial charge in [0.05, 0.1) is 6.42 Å². The van der Waals surface area contributed by atoms with E-state index >= 15 is 0 Å².